The molecule has 0 atom stereocenters. The number of rotatable bonds is 7. The van der Waals surface area contributed by atoms with Crippen molar-refractivity contribution in [2.24, 2.45) is 0 Å². The Balaban J connectivity index is 0.763. The topological polar surface area (TPSA) is 35.6 Å². The van der Waals surface area contributed by atoms with Crippen LogP contribution in [0.4, 0.5) is 0 Å². The van der Waals surface area contributed by atoms with Gasteiger partial charge < -0.3 is 9.13 Å². The molecular weight excluding hydrogens is 1060 g/mol. The van der Waals surface area contributed by atoms with Crippen molar-refractivity contribution in [1.29, 1.82) is 0 Å². The van der Waals surface area contributed by atoms with Crippen LogP contribution < -0.4 is 0 Å². The zero-order valence-corrected chi connectivity index (χ0v) is 46.8. The van der Waals surface area contributed by atoms with E-state index in [4.69, 9.17) is 9.97 Å². The lowest BCUT2D eigenvalue weighted by Crippen LogP contribution is -1.95. The molecular formula is C78H46N4S2. The Morgan fingerprint density at radius 2 is 0.619 bits per heavy atom. The molecule has 6 heterocycles. The third-order valence-corrected chi connectivity index (χ3v) is 19.6. The smallest absolute Gasteiger partial charge is 0.0902 e. The monoisotopic (exact) mass is 1100 g/mol. The fourth-order valence-corrected chi connectivity index (χ4v) is 15.9. The molecule has 0 amide bonds. The molecule has 390 valence electrons. The predicted molar refractivity (Wildman–Crippen MR) is 359 cm³/mol. The van der Waals surface area contributed by atoms with Gasteiger partial charge in [-0.05, 0) is 136 Å². The maximum Gasteiger partial charge on any atom is 0.0902 e. The summed E-state index contributed by atoms with van der Waals surface area (Å²) in [4.78, 5) is 10.7. The highest BCUT2D eigenvalue weighted by atomic mass is 32.1. The Kier molecular flexibility index (Phi) is 10.4. The second kappa shape index (κ2) is 18.5. The molecule has 0 radical (unpaired) electrons. The summed E-state index contributed by atoms with van der Waals surface area (Å²) in [5.74, 6) is 0. The van der Waals surface area contributed by atoms with E-state index in [9.17, 15) is 0 Å². The summed E-state index contributed by atoms with van der Waals surface area (Å²) >= 11 is 3.67. The van der Waals surface area contributed by atoms with Crippen LogP contribution in [0.15, 0.2) is 279 Å². The van der Waals surface area contributed by atoms with Crippen molar-refractivity contribution in [1.82, 2.24) is 19.1 Å². The number of thiophene rings is 2. The van der Waals surface area contributed by atoms with Gasteiger partial charge in [-0.3, -0.25) is 0 Å². The summed E-state index contributed by atoms with van der Waals surface area (Å²) < 4.78 is 9.77. The third-order valence-electron chi connectivity index (χ3n) is 17.3. The van der Waals surface area contributed by atoms with Gasteiger partial charge in [0.05, 0.1) is 53.5 Å². The molecule has 18 aromatic rings. The van der Waals surface area contributed by atoms with Crippen molar-refractivity contribution in [3.05, 3.63) is 279 Å². The van der Waals surface area contributed by atoms with E-state index < -0.39 is 0 Å². The summed E-state index contributed by atoms with van der Waals surface area (Å²) in [6.45, 7) is 0. The Labute approximate surface area is 490 Å². The largest absolute Gasteiger partial charge is 0.309 e. The van der Waals surface area contributed by atoms with E-state index in [2.05, 4.69) is 288 Å². The number of hydrogen-bond acceptors (Lipinski definition) is 4. The normalized spacial score (nSPS) is 12.0. The van der Waals surface area contributed by atoms with E-state index in [0.717, 1.165) is 71.9 Å². The number of aromatic nitrogens is 4. The molecule has 0 aliphatic rings. The van der Waals surface area contributed by atoms with Crippen molar-refractivity contribution in [3.63, 3.8) is 0 Å². The fourth-order valence-electron chi connectivity index (χ4n) is 13.4. The van der Waals surface area contributed by atoms with Gasteiger partial charge in [-0.15, -0.1) is 22.7 Å². The number of para-hydroxylation sites is 3. The Morgan fingerprint density at radius 3 is 1.17 bits per heavy atom. The average Bonchev–Trinajstić information content (AvgIpc) is 2.25. The van der Waals surface area contributed by atoms with Crippen LogP contribution in [0.3, 0.4) is 0 Å². The second-order valence-corrected chi connectivity index (χ2v) is 24.1. The molecule has 0 aliphatic heterocycles. The molecule has 18 rings (SSSR count). The van der Waals surface area contributed by atoms with Crippen molar-refractivity contribution < 1.29 is 0 Å². The molecule has 0 fully saturated rings. The van der Waals surface area contributed by atoms with Gasteiger partial charge in [-0.25, -0.2) is 9.97 Å². The summed E-state index contributed by atoms with van der Waals surface area (Å²) in [5.41, 5.74) is 22.9. The summed E-state index contributed by atoms with van der Waals surface area (Å²) in [7, 11) is 0. The van der Waals surface area contributed by atoms with Gasteiger partial charge in [0, 0.05) is 75.0 Å². The van der Waals surface area contributed by atoms with E-state index in [1.807, 2.05) is 22.7 Å². The number of pyridine rings is 2. The first-order valence-corrected chi connectivity index (χ1v) is 30.2. The maximum absolute atomic E-state index is 5.43. The minimum Gasteiger partial charge on any atom is -0.309 e. The summed E-state index contributed by atoms with van der Waals surface area (Å²) in [6.07, 6.45) is 0. The van der Waals surface area contributed by atoms with Gasteiger partial charge in [0.2, 0.25) is 0 Å². The van der Waals surface area contributed by atoms with E-state index in [-0.39, 0.29) is 0 Å². The maximum atomic E-state index is 5.43. The van der Waals surface area contributed by atoms with Crippen LogP contribution in [0.25, 0.3) is 173 Å². The van der Waals surface area contributed by atoms with Gasteiger partial charge in [-0.2, -0.15) is 0 Å². The first-order valence-electron chi connectivity index (χ1n) is 28.5. The van der Waals surface area contributed by atoms with Crippen molar-refractivity contribution in [2.45, 2.75) is 0 Å². The molecule has 4 nitrogen and oxygen atoms in total. The zero-order chi connectivity index (χ0) is 55.0. The molecule has 0 N–H and O–H groups in total. The SMILES string of the molecule is c1ccc(-c2ccc3c(c2)c2cc(-c4ccc(-c5ccc6nc7c(sc8ccccc87)c(-c7cccc(-n8c9ccccc9c9ccccc98)c7)c6c5)cc4)ccc2n3-c2cccc(-c3c4ccccc4nc4c3sc3ccccc34)c2)cc1. The third kappa shape index (κ3) is 7.24. The van der Waals surface area contributed by atoms with Crippen LogP contribution in [-0.4, -0.2) is 19.1 Å². The van der Waals surface area contributed by atoms with Crippen LogP contribution in [0, 0.1) is 0 Å². The van der Waals surface area contributed by atoms with Gasteiger partial charge >= 0.3 is 0 Å². The van der Waals surface area contributed by atoms with Gasteiger partial charge in [0.15, 0.2) is 0 Å². The number of fused-ring (bicyclic) bond motifs is 14. The molecule has 0 aliphatic carbocycles. The molecule has 0 bridgehead atoms. The lowest BCUT2D eigenvalue weighted by atomic mass is 9.95. The van der Waals surface area contributed by atoms with Crippen LogP contribution in [0.5, 0.6) is 0 Å². The van der Waals surface area contributed by atoms with E-state index in [0.29, 0.717) is 0 Å². The fraction of sp³-hybridized carbons (Fsp3) is 0. The highest BCUT2D eigenvalue weighted by Crippen LogP contribution is 2.47. The minimum atomic E-state index is 0.984. The van der Waals surface area contributed by atoms with Gasteiger partial charge in [0.1, 0.15) is 0 Å². The standard InChI is InChI=1S/C78H46N4S2/c1-2-16-47(17-3-1)51-37-40-69-62(44-51)63-45-52(38-41-70(63)82(69)56-21-14-18-53(42-56)73-59-24-4-9-27-65(59)79-75-60-25-7-12-30-71(60)83-77(73)75)49-34-32-48(33-35-49)50-36-39-66-64(46-50)74(78-76(80-66)61-26-8-13-31-72(61)84-78)54-19-15-20-55(43-54)81-67-28-10-5-22-57(67)58-23-6-11-29-68(58)81/h1-46H. The molecule has 6 aromatic heterocycles. The molecule has 0 saturated heterocycles. The zero-order valence-electron chi connectivity index (χ0n) is 45.2. The van der Waals surface area contributed by atoms with Gasteiger partial charge in [-0.1, -0.05) is 188 Å². The van der Waals surface area contributed by atoms with Crippen LogP contribution in [0.1, 0.15) is 0 Å². The van der Waals surface area contributed by atoms with Crippen molar-refractivity contribution >= 4 is 129 Å². The Hall–Kier alpha value is -10.5. The van der Waals surface area contributed by atoms with E-state index in [1.54, 1.807) is 0 Å². The van der Waals surface area contributed by atoms with Crippen LogP contribution >= 0.6 is 22.7 Å². The predicted octanol–water partition coefficient (Wildman–Crippen LogP) is 22.0. The molecule has 0 unspecified atom stereocenters. The van der Waals surface area contributed by atoms with Crippen molar-refractivity contribution in [2.75, 3.05) is 0 Å². The van der Waals surface area contributed by atoms with Crippen LogP contribution in [0.2, 0.25) is 0 Å². The van der Waals surface area contributed by atoms with Gasteiger partial charge in [0.25, 0.3) is 0 Å². The highest BCUT2D eigenvalue weighted by molar-refractivity contribution is 7.26. The molecule has 0 saturated carbocycles. The summed E-state index contributed by atoms with van der Waals surface area (Å²) in [5, 5.41) is 9.62. The number of hydrogen-bond donors (Lipinski definition) is 0. The summed E-state index contributed by atoms with van der Waals surface area (Å²) in [6, 6.07) is 102. The number of benzene rings is 12. The lowest BCUT2D eigenvalue weighted by molar-refractivity contribution is 1.18. The second-order valence-electron chi connectivity index (χ2n) is 22.0. The van der Waals surface area contributed by atoms with Crippen LogP contribution in [-0.2, 0) is 0 Å². The quantitative estimate of drug-likeness (QED) is 0.159. The molecule has 12 aromatic carbocycles. The Morgan fingerprint density at radius 1 is 0.238 bits per heavy atom. The number of nitrogens with zero attached hydrogens (tertiary/aromatic N) is 4. The van der Waals surface area contributed by atoms with E-state index in [1.165, 1.54) is 101 Å². The molecule has 6 heteroatoms. The molecule has 84 heavy (non-hydrogen) atoms. The van der Waals surface area contributed by atoms with E-state index >= 15 is 0 Å². The van der Waals surface area contributed by atoms with Crippen molar-refractivity contribution in [3.8, 4) is 67.0 Å². The average molecular weight is 1100 g/mol. The lowest BCUT2D eigenvalue weighted by Gasteiger charge is -2.14. The Bertz CT molecular complexity index is 5690. The highest BCUT2D eigenvalue weighted by Gasteiger charge is 2.22. The minimum absolute atomic E-state index is 0.984. The molecule has 0 spiro atoms. The first-order chi connectivity index (χ1) is 41.6. The first kappa shape index (κ1) is 47.2.